The third-order valence-corrected chi connectivity index (χ3v) is 6.38. The summed E-state index contributed by atoms with van der Waals surface area (Å²) in [7, 11) is 0. The smallest absolute Gasteiger partial charge is 0.238 e. The SMILES string of the molecule is O=C(NC1CCCC1)C1CC(C2CCCN(Cc3ccc(F)cc3)C2)NN1. The molecule has 4 rings (SSSR count). The van der Waals surface area contributed by atoms with E-state index in [0.29, 0.717) is 18.0 Å². The van der Waals surface area contributed by atoms with Gasteiger partial charge in [-0.3, -0.25) is 15.1 Å². The van der Waals surface area contributed by atoms with Crippen LogP contribution >= 0.6 is 0 Å². The summed E-state index contributed by atoms with van der Waals surface area (Å²) in [6.07, 6.45) is 7.92. The molecule has 0 aromatic heterocycles. The predicted molar refractivity (Wildman–Crippen MR) is 103 cm³/mol. The van der Waals surface area contributed by atoms with Gasteiger partial charge < -0.3 is 5.32 Å². The highest BCUT2D eigenvalue weighted by molar-refractivity contribution is 5.82. The molecule has 5 nitrogen and oxygen atoms in total. The molecule has 2 saturated heterocycles. The second-order valence-electron chi connectivity index (χ2n) is 8.44. The molecule has 27 heavy (non-hydrogen) atoms. The highest BCUT2D eigenvalue weighted by Gasteiger charge is 2.36. The lowest BCUT2D eigenvalue weighted by molar-refractivity contribution is -0.123. The average Bonchev–Trinajstić information content (AvgIpc) is 3.36. The van der Waals surface area contributed by atoms with Gasteiger partial charge in [0.15, 0.2) is 0 Å². The predicted octanol–water partition coefficient (Wildman–Crippen LogP) is 2.33. The summed E-state index contributed by atoms with van der Waals surface area (Å²) in [5.74, 6) is 0.505. The molecule has 2 heterocycles. The van der Waals surface area contributed by atoms with Crippen LogP contribution in [0, 0.1) is 11.7 Å². The lowest BCUT2D eigenvalue weighted by atomic mass is 9.88. The zero-order chi connectivity index (χ0) is 18.6. The van der Waals surface area contributed by atoms with Crippen molar-refractivity contribution in [3.05, 3.63) is 35.6 Å². The third kappa shape index (κ3) is 4.86. The molecule has 3 fully saturated rings. The lowest BCUT2D eigenvalue weighted by Crippen LogP contribution is -2.47. The first kappa shape index (κ1) is 18.8. The molecule has 1 saturated carbocycles. The first-order chi connectivity index (χ1) is 13.2. The van der Waals surface area contributed by atoms with Gasteiger partial charge in [0.05, 0.1) is 0 Å². The topological polar surface area (TPSA) is 56.4 Å². The van der Waals surface area contributed by atoms with E-state index in [4.69, 9.17) is 0 Å². The minimum atomic E-state index is -0.182. The van der Waals surface area contributed by atoms with Crippen molar-refractivity contribution in [2.75, 3.05) is 13.1 Å². The van der Waals surface area contributed by atoms with E-state index in [9.17, 15) is 9.18 Å². The van der Waals surface area contributed by atoms with Crippen molar-refractivity contribution < 1.29 is 9.18 Å². The number of hydrazine groups is 1. The van der Waals surface area contributed by atoms with E-state index in [1.165, 1.54) is 37.8 Å². The van der Waals surface area contributed by atoms with Crippen LogP contribution in [-0.4, -0.2) is 42.0 Å². The quantitative estimate of drug-likeness (QED) is 0.740. The summed E-state index contributed by atoms with van der Waals surface area (Å²) in [5.41, 5.74) is 7.77. The van der Waals surface area contributed by atoms with E-state index < -0.39 is 0 Å². The first-order valence-corrected chi connectivity index (χ1v) is 10.5. The molecular weight excluding hydrogens is 343 g/mol. The molecule has 0 bridgehead atoms. The summed E-state index contributed by atoms with van der Waals surface area (Å²) < 4.78 is 13.1. The van der Waals surface area contributed by atoms with Gasteiger partial charge >= 0.3 is 0 Å². The third-order valence-electron chi connectivity index (χ3n) is 6.38. The van der Waals surface area contributed by atoms with E-state index in [-0.39, 0.29) is 17.8 Å². The summed E-state index contributed by atoms with van der Waals surface area (Å²) in [5, 5.41) is 3.21. The summed E-state index contributed by atoms with van der Waals surface area (Å²) in [6, 6.07) is 7.40. The molecular formula is C21H31FN4O. The summed E-state index contributed by atoms with van der Waals surface area (Å²) >= 11 is 0. The molecule has 148 valence electrons. The molecule has 1 aromatic carbocycles. The Morgan fingerprint density at radius 3 is 2.67 bits per heavy atom. The van der Waals surface area contributed by atoms with Crippen LogP contribution in [0.3, 0.4) is 0 Å². The normalized spacial score (nSPS) is 29.9. The van der Waals surface area contributed by atoms with Gasteiger partial charge in [0.1, 0.15) is 11.9 Å². The number of carbonyl (C=O) groups excluding carboxylic acids is 1. The molecule has 0 spiro atoms. The maximum absolute atomic E-state index is 13.1. The van der Waals surface area contributed by atoms with E-state index in [2.05, 4.69) is 21.1 Å². The van der Waals surface area contributed by atoms with Gasteiger partial charge in [-0.2, -0.15) is 0 Å². The Hall–Kier alpha value is -1.50. The lowest BCUT2D eigenvalue weighted by Gasteiger charge is -2.35. The minimum absolute atomic E-state index is 0.122. The second kappa shape index (κ2) is 8.67. The number of rotatable bonds is 5. The fourth-order valence-electron chi connectivity index (χ4n) is 4.85. The number of hydrogen-bond acceptors (Lipinski definition) is 4. The maximum atomic E-state index is 13.1. The van der Waals surface area contributed by atoms with E-state index in [1.807, 2.05) is 12.1 Å². The molecule has 1 amide bonds. The van der Waals surface area contributed by atoms with Gasteiger partial charge in [-0.1, -0.05) is 25.0 Å². The second-order valence-corrected chi connectivity index (χ2v) is 8.44. The van der Waals surface area contributed by atoms with E-state index in [0.717, 1.165) is 44.5 Å². The number of likely N-dealkylation sites (tertiary alicyclic amines) is 1. The summed E-state index contributed by atoms with van der Waals surface area (Å²) in [6.45, 7) is 2.97. The molecule has 3 atom stereocenters. The molecule has 3 aliphatic rings. The molecule has 3 N–H and O–H groups in total. The van der Waals surface area contributed by atoms with Gasteiger partial charge in [0, 0.05) is 25.2 Å². The molecule has 1 aliphatic carbocycles. The molecule has 1 aromatic rings. The van der Waals surface area contributed by atoms with E-state index >= 15 is 0 Å². The standard InChI is InChI=1S/C21H31FN4O/c22-17-9-7-15(8-10-17)13-26-11-3-4-16(14-26)19-12-20(25-24-19)21(27)23-18-5-1-2-6-18/h7-10,16,18-20,24-25H,1-6,11-14H2,(H,23,27). The zero-order valence-electron chi connectivity index (χ0n) is 15.9. The van der Waals surface area contributed by atoms with Crippen LogP contribution in [0.5, 0.6) is 0 Å². The first-order valence-electron chi connectivity index (χ1n) is 10.5. The van der Waals surface area contributed by atoms with Crippen LogP contribution in [0.15, 0.2) is 24.3 Å². The van der Waals surface area contributed by atoms with Gasteiger partial charge in [-0.15, -0.1) is 0 Å². The Labute approximate surface area is 161 Å². The molecule has 3 unspecified atom stereocenters. The van der Waals surface area contributed by atoms with Crippen LogP contribution in [0.4, 0.5) is 4.39 Å². The van der Waals surface area contributed by atoms with Crippen molar-refractivity contribution in [2.45, 2.75) is 69.6 Å². The monoisotopic (exact) mass is 374 g/mol. The Kier molecular flexibility index (Phi) is 6.05. The number of piperidine rings is 1. The number of halogens is 1. The number of benzene rings is 1. The highest BCUT2D eigenvalue weighted by Crippen LogP contribution is 2.26. The van der Waals surface area contributed by atoms with Gasteiger partial charge in [-0.05, 0) is 62.3 Å². The van der Waals surface area contributed by atoms with Crippen LogP contribution in [0.2, 0.25) is 0 Å². The Morgan fingerprint density at radius 1 is 1.11 bits per heavy atom. The Balaban J connectivity index is 1.27. The molecule has 2 aliphatic heterocycles. The van der Waals surface area contributed by atoms with Crippen molar-refractivity contribution in [2.24, 2.45) is 5.92 Å². The van der Waals surface area contributed by atoms with Crippen LogP contribution < -0.4 is 16.2 Å². The van der Waals surface area contributed by atoms with Crippen molar-refractivity contribution in [3.63, 3.8) is 0 Å². The number of hydrogen-bond donors (Lipinski definition) is 3. The van der Waals surface area contributed by atoms with Crippen molar-refractivity contribution in [3.8, 4) is 0 Å². The van der Waals surface area contributed by atoms with E-state index in [1.54, 1.807) is 0 Å². The maximum Gasteiger partial charge on any atom is 0.238 e. The number of amides is 1. The van der Waals surface area contributed by atoms with Gasteiger partial charge in [0.25, 0.3) is 0 Å². The average molecular weight is 375 g/mol. The van der Waals surface area contributed by atoms with Crippen LogP contribution in [-0.2, 0) is 11.3 Å². The highest BCUT2D eigenvalue weighted by atomic mass is 19.1. The Morgan fingerprint density at radius 2 is 1.89 bits per heavy atom. The number of nitrogens with one attached hydrogen (secondary N) is 3. The number of nitrogens with zero attached hydrogens (tertiary/aromatic N) is 1. The molecule has 6 heteroatoms. The number of carbonyl (C=O) groups is 1. The van der Waals surface area contributed by atoms with Gasteiger partial charge in [0.2, 0.25) is 5.91 Å². The van der Waals surface area contributed by atoms with Crippen LogP contribution in [0.1, 0.15) is 50.5 Å². The largest absolute Gasteiger partial charge is 0.352 e. The zero-order valence-corrected chi connectivity index (χ0v) is 15.9. The van der Waals surface area contributed by atoms with Crippen molar-refractivity contribution in [1.29, 1.82) is 0 Å². The van der Waals surface area contributed by atoms with Crippen LogP contribution in [0.25, 0.3) is 0 Å². The fraction of sp³-hybridized carbons (Fsp3) is 0.667. The van der Waals surface area contributed by atoms with Gasteiger partial charge in [-0.25, -0.2) is 9.82 Å². The molecule has 0 radical (unpaired) electrons. The van der Waals surface area contributed by atoms with Crippen molar-refractivity contribution in [1.82, 2.24) is 21.1 Å². The fourth-order valence-corrected chi connectivity index (χ4v) is 4.85. The minimum Gasteiger partial charge on any atom is -0.352 e. The Bertz CT molecular complexity index is 632. The van der Waals surface area contributed by atoms with Crippen molar-refractivity contribution >= 4 is 5.91 Å². The summed E-state index contributed by atoms with van der Waals surface area (Å²) in [4.78, 5) is 15.0.